The maximum absolute atomic E-state index is 11.9. The van der Waals surface area contributed by atoms with Gasteiger partial charge in [-0.25, -0.2) is 4.79 Å². The predicted octanol–water partition coefficient (Wildman–Crippen LogP) is 3.45. The van der Waals surface area contributed by atoms with Gasteiger partial charge in [0.05, 0.1) is 4.91 Å². The van der Waals surface area contributed by atoms with Crippen LogP contribution in [0.2, 0.25) is 5.02 Å². The van der Waals surface area contributed by atoms with Crippen molar-refractivity contribution in [1.82, 2.24) is 5.32 Å². The number of carboxylic acid groups (broad SMARTS) is 1. The summed E-state index contributed by atoms with van der Waals surface area (Å²) in [5.74, 6) is -1.05. The summed E-state index contributed by atoms with van der Waals surface area (Å²) in [6, 6.07) is 8.87. The third kappa shape index (κ3) is 3.38. The predicted molar refractivity (Wildman–Crippen MR) is 98.4 cm³/mol. The number of benzene rings is 2. The lowest BCUT2D eigenvalue weighted by atomic mass is 10.0. The second-order valence-corrected chi connectivity index (χ2v) is 6.98. The highest BCUT2D eigenvalue weighted by atomic mass is 35.5. The van der Waals surface area contributed by atoms with Gasteiger partial charge < -0.3 is 15.2 Å². The van der Waals surface area contributed by atoms with Crippen molar-refractivity contribution in [2.75, 3.05) is 6.61 Å². The molecular weight excluding hydrogens is 370 g/mol. The van der Waals surface area contributed by atoms with Crippen molar-refractivity contribution in [1.29, 1.82) is 0 Å². The number of thioether (sulfide) groups is 1. The number of hydrogen-bond donors (Lipinski definition) is 2. The van der Waals surface area contributed by atoms with Crippen molar-refractivity contribution in [2.45, 2.75) is 0 Å². The summed E-state index contributed by atoms with van der Waals surface area (Å²) < 4.78 is 5.83. The minimum atomic E-state index is -1.10. The molecule has 1 aliphatic heterocycles. The normalized spacial score (nSPS) is 15.8. The van der Waals surface area contributed by atoms with E-state index in [1.807, 2.05) is 12.1 Å². The summed E-state index contributed by atoms with van der Waals surface area (Å²) in [5.41, 5.74) is 0.516. The summed E-state index contributed by atoms with van der Waals surface area (Å²) in [6.07, 6.45) is 1.59. The van der Waals surface area contributed by atoms with E-state index in [0.29, 0.717) is 30.9 Å². The van der Waals surface area contributed by atoms with Crippen molar-refractivity contribution in [3.63, 3.8) is 0 Å². The second-order valence-electron chi connectivity index (χ2n) is 4.86. The van der Waals surface area contributed by atoms with Crippen LogP contribution in [0, 0.1) is 0 Å². The molecule has 0 bridgehead atoms. The maximum atomic E-state index is 11.9. The van der Waals surface area contributed by atoms with Gasteiger partial charge in [-0.2, -0.15) is 0 Å². The highest BCUT2D eigenvalue weighted by Gasteiger charge is 2.23. The SMILES string of the molecule is O=C(O)COc1c(C=C2SC(=S)NC2=O)cc(Cl)c2ccccc12. The summed E-state index contributed by atoms with van der Waals surface area (Å²) in [4.78, 5) is 23.1. The number of amides is 1. The average molecular weight is 380 g/mol. The Hall–Kier alpha value is -2.09. The summed E-state index contributed by atoms with van der Waals surface area (Å²) in [6.45, 7) is -0.500. The number of carboxylic acids is 1. The number of aliphatic carboxylic acids is 1. The van der Waals surface area contributed by atoms with E-state index in [1.54, 1.807) is 24.3 Å². The molecular formula is C16H10ClNO4S2. The van der Waals surface area contributed by atoms with Gasteiger partial charge in [0.1, 0.15) is 10.1 Å². The fourth-order valence-corrected chi connectivity index (χ4v) is 3.61. The van der Waals surface area contributed by atoms with E-state index < -0.39 is 12.6 Å². The summed E-state index contributed by atoms with van der Waals surface area (Å²) in [7, 11) is 0. The van der Waals surface area contributed by atoms with Crippen LogP contribution in [-0.4, -0.2) is 27.9 Å². The molecule has 0 atom stereocenters. The lowest BCUT2D eigenvalue weighted by molar-refractivity contribution is -0.139. The van der Waals surface area contributed by atoms with Crippen LogP contribution in [-0.2, 0) is 9.59 Å². The Morgan fingerprint density at radius 1 is 1.38 bits per heavy atom. The van der Waals surface area contributed by atoms with Crippen molar-refractivity contribution < 1.29 is 19.4 Å². The number of thiocarbonyl (C=S) groups is 1. The molecule has 8 heteroatoms. The molecule has 1 amide bonds. The molecule has 2 N–H and O–H groups in total. The zero-order valence-electron chi connectivity index (χ0n) is 12.0. The van der Waals surface area contributed by atoms with Crippen LogP contribution in [0.1, 0.15) is 5.56 Å². The maximum Gasteiger partial charge on any atom is 0.341 e. The molecule has 1 heterocycles. The molecule has 0 aliphatic carbocycles. The van der Waals surface area contributed by atoms with E-state index in [1.165, 1.54) is 0 Å². The van der Waals surface area contributed by atoms with Gasteiger partial charge in [-0.05, 0) is 12.1 Å². The van der Waals surface area contributed by atoms with E-state index in [0.717, 1.165) is 17.1 Å². The molecule has 2 aromatic carbocycles. The summed E-state index contributed by atoms with van der Waals surface area (Å²) in [5, 5.41) is 13.3. The first-order chi connectivity index (χ1) is 11.5. The first-order valence-electron chi connectivity index (χ1n) is 6.76. The molecule has 1 aliphatic rings. The van der Waals surface area contributed by atoms with E-state index >= 15 is 0 Å². The van der Waals surface area contributed by atoms with Gasteiger partial charge in [-0.1, -0.05) is 59.8 Å². The summed E-state index contributed by atoms with van der Waals surface area (Å²) >= 11 is 12.4. The van der Waals surface area contributed by atoms with Gasteiger partial charge in [0, 0.05) is 21.4 Å². The molecule has 3 rings (SSSR count). The second kappa shape index (κ2) is 6.80. The highest BCUT2D eigenvalue weighted by molar-refractivity contribution is 8.26. The zero-order chi connectivity index (χ0) is 17.3. The number of carbonyl (C=O) groups excluding carboxylic acids is 1. The lowest BCUT2D eigenvalue weighted by Gasteiger charge is -2.13. The molecule has 1 fully saturated rings. The third-order valence-electron chi connectivity index (χ3n) is 3.24. The molecule has 1 saturated heterocycles. The minimum Gasteiger partial charge on any atom is -0.481 e. The Balaban J connectivity index is 2.17. The number of rotatable bonds is 4. The van der Waals surface area contributed by atoms with Crippen LogP contribution >= 0.6 is 35.6 Å². The molecule has 0 unspecified atom stereocenters. The number of hydrogen-bond acceptors (Lipinski definition) is 5. The molecule has 24 heavy (non-hydrogen) atoms. The number of carbonyl (C=O) groups is 2. The Morgan fingerprint density at radius 3 is 2.71 bits per heavy atom. The smallest absolute Gasteiger partial charge is 0.341 e. The molecule has 0 saturated carbocycles. The average Bonchev–Trinajstić information content (AvgIpc) is 2.84. The molecule has 0 radical (unpaired) electrons. The van der Waals surface area contributed by atoms with Crippen LogP contribution < -0.4 is 10.1 Å². The van der Waals surface area contributed by atoms with E-state index in [2.05, 4.69) is 5.32 Å². The van der Waals surface area contributed by atoms with Crippen molar-refractivity contribution in [3.8, 4) is 5.75 Å². The largest absolute Gasteiger partial charge is 0.481 e. The molecule has 0 aromatic heterocycles. The number of nitrogens with one attached hydrogen (secondary N) is 1. The van der Waals surface area contributed by atoms with Crippen LogP contribution in [0.4, 0.5) is 0 Å². The van der Waals surface area contributed by atoms with Gasteiger partial charge in [0.25, 0.3) is 5.91 Å². The Bertz CT molecular complexity index is 910. The van der Waals surface area contributed by atoms with Crippen LogP contribution in [0.3, 0.4) is 0 Å². The van der Waals surface area contributed by atoms with Crippen LogP contribution in [0.25, 0.3) is 16.8 Å². The fourth-order valence-electron chi connectivity index (χ4n) is 2.29. The Kier molecular flexibility index (Phi) is 4.75. The zero-order valence-corrected chi connectivity index (χ0v) is 14.4. The molecule has 122 valence electrons. The van der Waals surface area contributed by atoms with Gasteiger partial charge in [-0.3, -0.25) is 4.79 Å². The number of halogens is 1. The van der Waals surface area contributed by atoms with Gasteiger partial charge in [0.15, 0.2) is 6.61 Å². The van der Waals surface area contributed by atoms with Crippen molar-refractivity contribution >= 4 is 68.6 Å². The van der Waals surface area contributed by atoms with Crippen molar-refractivity contribution in [2.24, 2.45) is 0 Å². The Labute approximate surface area is 151 Å². The van der Waals surface area contributed by atoms with Gasteiger partial charge >= 0.3 is 5.97 Å². The lowest BCUT2D eigenvalue weighted by Crippen LogP contribution is -2.17. The fraction of sp³-hybridized carbons (Fsp3) is 0.0625. The first-order valence-corrected chi connectivity index (χ1v) is 8.36. The number of fused-ring (bicyclic) bond motifs is 1. The van der Waals surface area contributed by atoms with Gasteiger partial charge in [0.2, 0.25) is 0 Å². The van der Waals surface area contributed by atoms with Crippen LogP contribution in [0.15, 0.2) is 35.2 Å². The van der Waals surface area contributed by atoms with E-state index in [4.69, 9.17) is 33.7 Å². The third-order valence-corrected chi connectivity index (χ3v) is 4.72. The molecule has 5 nitrogen and oxygen atoms in total. The van der Waals surface area contributed by atoms with Gasteiger partial charge in [-0.15, -0.1) is 0 Å². The highest BCUT2D eigenvalue weighted by Crippen LogP contribution is 2.38. The Morgan fingerprint density at radius 2 is 2.08 bits per heavy atom. The first kappa shape index (κ1) is 16.8. The van der Waals surface area contributed by atoms with E-state index in [-0.39, 0.29) is 5.91 Å². The minimum absolute atomic E-state index is 0.307. The standard InChI is InChI=1S/C16H10ClNO4S2/c17-11-5-8(6-12-15(21)18-16(23)24-12)14(22-7-13(19)20)10-4-2-1-3-9(10)11/h1-6H,7H2,(H,19,20)(H,18,21,23). The molecule has 2 aromatic rings. The topological polar surface area (TPSA) is 75.6 Å². The van der Waals surface area contributed by atoms with Crippen molar-refractivity contribution in [3.05, 3.63) is 45.8 Å². The van der Waals surface area contributed by atoms with Crippen LogP contribution in [0.5, 0.6) is 5.75 Å². The monoisotopic (exact) mass is 379 g/mol. The van der Waals surface area contributed by atoms with E-state index in [9.17, 15) is 9.59 Å². The molecule has 0 spiro atoms. The quantitative estimate of drug-likeness (QED) is 0.626. The number of ether oxygens (including phenoxy) is 1.